The summed E-state index contributed by atoms with van der Waals surface area (Å²) in [5.74, 6) is 0.284. The van der Waals surface area contributed by atoms with E-state index in [1.807, 2.05) is 17.5 Å². The summed E-state index contributed by atoms with van der Waals surface area (Å²) in [5.41, 5.74) is 0. The molecule has 1 fully saturated rings. The Balaban J connectivity index is 1.52. The van der Waals surface area contributed by atoms with Crippen molar-refractivity contribution >= 4 is 21.4 Å². The molecule has 0 bridgehead atoms. The van der Waals surface area contributed by atoms with Crippen molar-refractivity contribution in [2.45, 2.75) is 17.2 Å². The van der Waals surface area contributed by atoms with Gasteiger partial charge in [0, 0.05) is 13.1 Å². The predicted octanol–water partition coefficient (Wildman–Crippen LogP) is 3.12. The molecule has 1 aliphatic heterocycles. The van der Waals surface area contributed by atoms with E-state index in [2.05, 4.69) is 10.2 Å². The fourth-order valence-electron chi connectivity index (χ4n) is 2.80. The fraction of sp³-hybridized carbons (Fsp3) is 0.250. The third-order valence-corrected chi connectivity index (χ3v) is 6.86. The van der Waals surface area contributed by atoms with E-state index in [9.17, 15) is 12.8 Å². The molecule has 0 N–H and O–H groups in total. The molecule has 3 aromatic rings. The summed E-state index contributed by atoms with van der Waals surface area (Å²) in [6, 6.07) is 8.63. The predicted molar refractivity (Wildman–Crippen MR) is 90.1 cm³/mol. The number of rotatable bonds is 4. The number of hydrogen-bond donors (Lipinski definition) is 0. The van der Waals surface area contributed by atoms with Crippen LogP contribution < -0.4 is 0 Å². The molecule has 2 aromatic heterocycles. The van der Waals surface area contributed by atoms with Gasteiger partial charge in [-0.1, -0.05) is 6.07 Å². The average molecular weight is 379 g/mol. The quantitative estimate of drug-likeness (QED) is 0.696. The SMILES string of the molecule is O=S(=O)(c1ccc(F)cc1)N1CC[C@@H](c2nnc(-c3cccs3)o2)C1. The maximum Gasteiger partial charge on any atom is 0.257 e. The molecule has 130 valence electrons. The molecule has 0 amide bonds. The van der Waals surface area contributed by atoms with Gasteiger partial charge in [0.2, 0.25) is 15.9 Å². The zero-order valence-corrected chi connectivity index (χ0v) is 14.6. The van der Waals surface area contributed by atoms with Crippen molar-refractivity contribution < 1.29 is 17.2 Å². The number of halogens is 1. The first-order chi connectivity index (χ1) is 12.0. The van der Waals surface area contributed by atoms with Crippen LogP contribution in [-0.2, 0) is 10.0 Å². The topological polar surface area (TPSA) is 76.3 Å². The van der Waals surface area contributed by atoms with Crippen molar-refractivity contribution in [1.82, 2.24) is 14.5 Å². The van der Waals surface area contributed by atoms with Gasteiger partial charge < -0.3 is 4.42 Å². The van der Waals surface area contributed by atoms with Crippen LogP contribution in [0.25, 0.3) is 10.8 Å². The number of hydrogen-bond acceptors (Lipinski definition) is 6. The molecule has 0 radical (unpaired) electrons. The summed E-state index contributed by atoms with van der Waals surface area (Å²) in [4.78, 5) is 0.965. The molecule has 0 aliphatic carbocycles. The first-order valence-corrected chi connectivity index (χ1v) is 9.99. The van der Waals surface area contributed by atoms with Crippen molar-refractivity contribution in [1.29, 1.82) is 0 Å². The number of sulfonamides is 1. The lowest BCUT2D eigenvalue weighted by Crippen LogP contribution is -2.28. The standard InChI is InChI=1S/C16H14FN3O3S2/c17-12-3-5-13(6-4-12)25(21,22)20-8-7-11(10-20)15-18-19-16(23-15)14-2-1-9-24-14/h1-6,9,11H,7-8,10H2/t11-/m1/s1. The Hall–Kier alpha value is -2.10. The highest BCUT2D eigenvalue weighted by Crippen LogP contribution is 2.32. The Labute approximate surface area is 148 Å². The van der Waals surface area contributed by atoms with Crippen molar-refractivity contribution in [3.05, 3.63) is 53.5 Å². The second-order valence-electron chi connectivity index (χ2n) is 5.73. The molecule has 4 rings (SSSR count). The minimum absolute atomic E-state index is 0.0827. The lowest BCUT2D eigenvalue weighted by atomic mass is 10.1. The summed E-state index contributed by atoms with van der Waals surface area (Å²) in [6.07, 6.45) is 0.604. The zero-order chi connectivity index (χ0) is 17.4. The number of aromatic nitrogens is 2. The molecule has 0 spiro atoms. The van der Waals surface area contributed by atoms with Gasteiger partial charge in [-0.3, -0.25) is 0 Å². The van der Waals surface area contributed by atoms with Gasteiger partial charge in [0.05, 0.1) is 15.7 Å². The maximum atomic E-state index is 13.0. The van der Waals surface area contributed by atoms with Crippen molar-refractivity contribution in [3.8, 4) is 10.8 Å². The van der Waals surface area contributed by atoms with E-state index in [1.165, 1.54) is 27.8 Å². The minimum atomic E-state index is -3.65. The molecule has 1 atom stereocenters. The van der Waals surface area contributed by atoms with Crippen LogP contribution in [-0.4, -0.2) is 36.0 Å². The monoisotopic (exact) mass is 379 g/mol. The highest BCUT2D eigenvalue weighted by molar-refractivity contribution is 7.89. The highest BCUT2D eigenvalue weighted by Gasteiger charge is 2.35. The van der Waals surface area contributed by atoms with Gasteiger partial charge in [0.25, 0.3) is 5.89 Å². The van der Waals surface area contributed by atoms with E-state index in [1.54, 1.807) is 0 Å². The van der Waals surface area contributed by atoms with Gasteiger partial charge in [-0.15, -0.1) is 21.5 Å². The van der Waals surface area contributed by atoms with Gasteiger partial charge in [0.1, 0.15) is 5.82 Å². The highest BCUT2D eigenvalue weighted by atomic mass is 32.2. The van der Waals surface area contributed by atoms with Gasteiger partial charge in [-0.2, -0.15) is 4.31 Å². The second kappa shape index (κ2) is 6.32. The Morgan fingerprint density at radius 3 is 2.72 bits per heavy atom. The molecule has 0 saturated carbocycles. The summed E-state index contributed by atoms with van der Waals surface area (Å²) in [6.45, 7) is 0.632. The van der Waals surface area contributed by atoms with Crippen LogP contribution >= 0.6 is 11.3 Å². The van der Waals surface area contributed by atoms with Crippen LogP contribution in [0.15, 0.2) is 51.1 Å². The molecule has 6 nitrogen and oxygen atoms in total. The van der Waals surface area contributed by atoms with Crippen LogP contribution in [0.2, 0.25) is 0 Å². The minimum Gasteiger partial charge on any atom is -0.420 e. The van der Waals surface area contributed by atoms with Gasteiger partial charge in [-0.05, 0) is 42.1 Å². The lowest BCUT2D eigenvalue weighted by molar-refractivity contribution is 0.440. The fourth-order valence-corrected chi connectivity index (χ4v) is 4.95. The zero-order valence-electron chi connectivity index (χ0n) is 13.0. The average Bonchev–Trinajstić information content (AvgIpc) is 3.34. The van der Waals surface area contributed by atoms with Crippen LogP contribution in [0.4, 0.5) is 4.39 Å². The molecular formula is C16H14FN3O3S2. The van der Waals surface area contributed by atoms with Gasteiger partial charge >= 0.3 is 0 Å². The molecule has 0 unspecified atom stereocenters. The molecule has 1 aliphatic rings. The van der Waals surface area contributed by atoms with Crippen molar-refractivity contribution in [3.63, 3.8) is 0 Å². The molecule has 1 saturated heterocycles. The second-order valence-corrected chi connectivity index (χ2v) is 8.61. The molecular weight excluding hydrogens is 365 g/mol. The van der Waals surface area contributed by atoms with Crippen molar-refractivity contribution in [2.75, 3.05) is 13.1 Å². The Morgan fingerprint density at radius 2 is 2.00 bits per heavy atom. The molecule has 9 heteroatoms. The normalized spacial score (nSPS) is 18.7. The van der Waals surface area contributed by atoms with E-state index in [4.69, 9.17) is 4.42 Å². The maximum absolute atomic E-state index is 13.0. The van der Waals surface area contributed by atoms with Crippen molar-refractivity contribution in [2.24, 2.45) is 0 Å². The summed E-state index contributed by atoms with van der Waals surface area (Å²) in [7, 11) is -3.65. The summed E-state index contributed by atoms with van der Waals surface area (Å²) < 4.78 is 45.4. The van der Waals surface area contributed by atoms with E-state index in [0.717, 1.165) is 17.0 Å². The Morgan fingerprint density at radius 1 is 1.20 bits per heavy atom. The van der Waals surface area contributed by atoms with Crippen LogP contribution in [0.1, 0.15) is 18.2 Å². The smallest absolute Gasteiger partial charge is 0.257 e. The van der Waals surface area contributed by atoms with E-state index < -0.39 is 15.8 Å². The van der Waals surface area contributed by atoms with Crippen LogP contribution in [0.5, 0.6) is 0 Å². The van der Waals surface area contributed by atoms with Crippen LogP contribution in [0, 0.1) is 5.82 Å². The number of nitrogens with zero attached hydrogens (tertiary/aromatic N) is 3. The van der Waals surface area contributed by atoms with E-state index in [-0.39, 0.29) is 17.4 Å². The van der Waals surface area contributed by atoms with Gasteiger partial charge in [0.15, 0.2) is 0 Å². The Bertz CT molecular complexity index is 968. The first-order valence-electron chi connectivity index (χ1n) is 7.67. The summed E-state index contributed by atoms with van der Waals surface area (Å²) in [5, 5.41) is 10.0. The van der Waals surface area contributed by atoms with Gasteiger partial charge in [-0.25, -0.2) is 12.8 Å². The Kier molecular flexibility index (Phi) is 4.14. The number of thiophene rings is 1. The first kappa shape index (κ1) is 16.4. The largest absolute Gasteiger partial charge is 0.420 e. The van der Waals surface area contributed by atoms with Crippen LogP contribution in [0.3, 0.4) is 0 Å². The lowest BCUT2D eigenvalue weighted by Gasteiger charge is -2.15. The number of benzene rings is 1. The third-order valence-electron chi connectivity index (χ3n) is 4.12. The van der Waals surface area contributed by atoms with E-state index in [0.29, 0.717) is 24.7 Å². The third kappa shape index (κ3) is 3.10. The molecule has 25 heavy (non-hydrogen) atoms. The van der Waals surface area contributed by atoms with E-state index >= 15 is 0 Å². The molecule has 1 aromatic carbocycles. The molecule has 3 heterocycles. The summed E-state index contributed by atoms with van der Waals surface area (Å²) >= 11 is 1.50.